The predicted molar refractivity (Wildman–Crippen MR) is 75.7 cm³/mol. The number of H-pyrrole nitrogens is 1. The fraction of sp³-hybridized carbons (Fsp3) is 0.455. The van der Waals surface area contributed by atoms with Crippen molar-refractivity contribution in [1.82, 2.24) is 9.55 Å². The highest BCUT2D eigenvalue weighted by Crippen LogP contribution is 2.39. The number of halogens is 1. The van der Waals surface area contributed by atoms with Gasteiger partial charge in [0.05, 0.1) is 6.61 Å². The molecule has 2 atom stereocenters. The van der Waals surface area contributed by atoms with Gasteiger partial charge < -0.3 is 14.9 Å². The highest BCUT2D eigenvalue weighted by atomic mass is 35.5. The van der Waals surface area contributed by atoms with Crippen molar-refractivity contribution in [2.24, 2.45) is 0 Å². The van der Waals surface area contributed by atoms with Crippen LogP contribution in [-0.4, -0.2) is 50.1 Å². The maximum Gasteiger partial charge on any atom is 0.335 e. The molecule has 2 rings (SSSR count). The number of nitrogens with zero attached hydrogens (tertiary/aromatic N) is 1. The number of aliphatic hydroxyl groups is 2. The number of nitrogens with one attached hydrogen (secondary N) is 1. The quantitative estimate of drug-likeness (QED) is 0.683. The molecular formula is C11H13ClN2O5S. The lowest BCUT2D eigenvalue weighted by atomic mass is 10.0. The molecule has 7 nitrogen and oxygen atoms in total. The fourth-order valence-corrected chi connectivity index (χ4v) is 3.03. The number of hydrogen-bond donors (Lipinski definition) is 3. The molecule has 1 aromatic heterocycles. The minimum Gasteiger partial charge on any atom is -0.464 e. The molecule has 0 saturated heterocycles. The molecule has 1 aliphatic rings. The summed E-state index contributed by atoms with van der Waals surface area (Å²) in [6.45, 7) is -0.465. The van der Waals surface area contributed by atoms with Gasteiger partial charge in [0.15, 0.2) is 5.60 Å². The Bertz CT molecular complexity index is 655. The molecule has 0 radical (unpaired) electrons. The Balaban J connectivity index is 2.48. The van der Waals surface area contributed by atoms with E-state index < -0.39 is 29.6 Å². The number of aromatic nitrogens is 2. The molecule has 1 aliphatic heterocycles. The van der Waals surface area contributed by atoms with E-state index >= 15 is 0 Å². The van der Waals surface area contributed by atoms with Gasteiger partial charge in [-0.1, -0.05) is 11.6 Å². The molecule has 0 saturated carbocycles. The zero-order valence-corrected chi connectivity index (χ0v) is 12.1. The summed E-state index contributed by atoms with van der Waals surface area (Å²) in [6.07, 6.45) is 1.72. The number of aliphatic hydroxyl groups excluding tert-OH is 2. The molecule has 20 heavy (non-hydrogen) atoms. The average Bonchev–Trinajstić information content (AvgIpc) is 2.65. The summed E-state index contributed by atoms with van der Waals surface area (Å²) in [5.41, 5.74) is -2.60. The van der Waals surface area contributed by atoms with Gasteiger partial charge in [-0.05, 0) is 6.26 Å². The third-order valence-electron chi connectivity index (χ3n) is 2.94. The summed E-state index contributed by atoms with van der Waals surface area (Å²) < 4.78 is 6.51. The second-order valence-electron chi connectivity index (χ2n) is 4.29. The first-order valence-corrected chi connectivity index (χ1v) is 7.41. The van der Waals surface area contributed by atoms with Crippen LogP contribution >= 0.6 is 23.4 Å². The number of ether oxygens (including phenoxy) is 1. The summed E-state index contributed by atoms with van der Waals surface area (Å²) in [5, 5.41) is 19.5. The van der Waals surface area contributed by atoms with Gasteiger partial charge in [0.1, 0.15) is 11.1 Å². The topological polar surface area (TPSA) is 105 Å². The van der Waals surface area contributed by atoms with E-state index in [0.717, 1.165) is 10.6 Å². The Morgan fingerprint density at radius 2 is 2.30 bits per heavy atom. The first-order valence-electron chi connectivity index (χ1n) is 5.64. The molecule has 1 aromatic rings. The van der Waals surface area contributed by atoms with E-state index in [4.69, 9.17) is 16.3 Å². The Morgan fingerprint density at radius 1 is 1.60 bits per heavy atom. The lowest BCUT2D eigenvalue weighted by molar-refractivity contribution is -0.0527. The van der Waals surface area contributed by atoms with Gasteiger partial charge in [-0.15, -0.1) is 0 Å². The first kappa shape index (κ1) is 15.2. The molecule has 0 aromatic carbocycles. The van der Waals surface area contributed by atoms with Crippen LogP contribution in [0, 0.1) is 0 Å². The normalized spacial score (nSPS) is 25.9. The second kappa shape index (κ2) is 5.65. The van der Waals surface area contributed by atoms with Crippen molar-refractivity contribution >= 4 is 29.2 Å². The Kier molecular flexibility index (Phi) is 4.28. The summed E-state index contributed by atoms with van der Waals surface area (Å²) in [4.78, 5) is 24.8. The van der Waals surface area contributed by atoms with Gasteiger partial charge in [0.25, 0.3) is 5.56 Å². The predicted octanol–water partition coefficient (Wildman–Crippen LogP) is -0.613. The summed E-state index contributed by atoms with van der Waals surface area (Å²) in [7, 11) is 0. The largest absolute Gasteiger partial charge is 0.464 e. The van der Waals surface area contributed by atoms with Crippen LogP contribution in [0.3, 0.4) is 0 Å². The smallest absolute Gasteiger partial charge is 0.335 e. The van der Waals surface area contributed by atoms with Crippen molar-refractivity contribution in [2.75, 3.05) is 18.6 Å². The van der Waals surface area contributed by atoms with E-state index in [2.05, 4.69) is 4.98 Å². The van der Waals surface area contributed by atoms with Crippen LogP contribution < -0.4 is 11.2 Å². The lowest BCUT2D eigenvalue weighted by Gasteiger charge is -2.29. The number of thioether (sulfide) groups is 1. The van der Waals surface area contributed by atoms with Crippen LogP contribution in [0.25, 0.3) is 5.88 Å². The zero-order valence-electron chi connectivity index (χ0n) is 10.5. The van der Waals surface area contributed by atoms with Crippen LogP contribution in [0.4, 0.5) is 0 Å². The van der Waals surface area contributed by atoms with Crippen LogP contribution in [0.15, 0.2) is 26.9 Å². The van der Waals surface area contributed by atoms with Crippen molar-refractivity contribution in [1.29, 1.82) is 0 Å². The van der Waals surface area contributed by atoms with Gasteiger partial charge >= 0.3 is 5.69 Å². The Hall–Kier alpha value is -1.22. The molecule has 2 heterocycles. The van der Waals surface area contributed by atoms with Gasteiger partial charge in [0.2, 0.25) is 5.88 Å². The van der Waals surface area contributed by atoms with Gasteiger partial charge in [-0.3, -0.25) is 9.78 Å². The van der Waals surface area contributed by atoms with Crippen molar-refractivity contribution < 1.29 is 14.9 Å². The SMILES string of the molecule is CSC[C@]1(CO)OC(n2ccc(=O)[nH]c2=O)=C(Cl)[C@@H]1O. The maximum atomic E-state index is 11.7. The minimum absolute atomic E-state index is 0.0940. The fourth-order valence-electron chi connectivity index (χ4n) is 1.90. The highest BCUT2D eigenvalue weighted by molar-refractivity contribution is 7.98. The van der Waals surface area contributed by atoms with Crippen LogP contribution in [-0.2, 0) is 4.74 Å². The van der Waals surface area contributed by atoms with E-state index in [1.165, 1.54) is 18.0 Å². The van der Waals surface area contributed by atoms with E-state index in [-0.39, 0.29) is 16.7 Å². The van der Waals surface area contributed by atoms with Crippen molar-refractivity contribution in [3.63, 3.8) is 0 Å². The molecule has 0 amide bonds. The third-order valence-corrected chi connectivity index (χ3v) is 4.09. The van der Waals surface area contributed by atoms with Crippen LogP contribution in [0.1, 0.15) is 0 Å². The van der Waals surface area contributed by atoms with Crippen molar-refractivity contribution in [3.05, 3.63) is 38.1 Å². The molecule has 3 N–H and O–H groups in total. The van der Waals surface area contributed by atoms with Gasteiger partial charge in [-0.2, -0.15) is 11.8 Å². The first-order chi connectivity index (χ1) is 9.45. The monoisotopic (exact) mass is 320 g/mol. The highest BCUT2D eigenvalue weighted by Gasteiger charge is 2.49. The number of aromatic amines is 1. The number of rotatable bonds is 4. The van der Waals surface area contributed by atoms with Crippen molar-refractivity contribution in [2.45, 2.75) is 11.7 Å². The zero-order chi connectivity index (χ0) is 14.9. The molecule has 0 spiro atoms. The second-order valence-corrected chi connectivity index (χ2v) is 5.57. The standard InChI is InChI=1S/C11H13ClN2O5S/c1-20-5-11(4-15)8(17)7(12)9(19-11)14-3-2-6(16)13-10(14)18/h2-3,8,15,17H,4-5H2,1H3,(H,13,16,18)/t8-,11-/m0/s1. The molecule has 110 valence electrons. The molecule has 0 bridgehead atoms. The Morgan fingerprint density at radius 3 is 2.85 bits per heavy atom. The van der Waals surface area contributed by atoms with E-state index in [1.54, 1.807) is 6.26 Å². The number of hydrogen-bond acceptors (Lipinski definition) is 6. The molecule has 0 unspecified atom stereocenters. The van der Waals surface area contributed by atoms with Crippen LogP contribution in [0.5, 0.6) is 0 Å². The summed E-state index contributed by atoms with van der Waals surface area (Å²) >= 11 is 7.36. The minimum atomic E-state index is -1.30. The maximum absolute atomic E-state index is 11.7. The third kappa shape index (κ3) is 2.39. The molecule has 0 fully saturated rings. The molecule has 0 aliphatic carbocycles. The Labute approximate surface area is 122 Å². The van der Waals surface area contributed by atoms with E-state index in [0.29, 0.717) is 0 Å². The van der Waals surface area contributed by atoms with Crippen molar-refractivity contribution in [3.8, 4) is 0 Å². The summed E-state index contributed by atoms with van der Waals surface area (Å²) in [5.74, 6) is 0.186. The van der Waals surface area contributed by atoms with E-state index in [9.17, 15) is 19.8 Å². The van der Waals surface area contributed by atoms with Gasteiger partial charge in [-0.25, -0.2) is 9.36 Å². The van der Waals surface area contributed by atoms with Gasteiger partial charge in [0, 0.05) is 18.0 Å². The van der Waals surface area contributed by atoms with Crippen LogP contribution in [0.2, 0.25) is 0 Å². The average molecular weight is 321 g/mol. The molecule has 9 heteroatoms. The summed E-state index contributed by atoms with van der Waals surface area (Å²) in [6, 6.07) is 1.13. The lowest BCUT2D eigenvalue weighted by Crippen LogP contribution is -2.47. The molecular weight excluding hydrogens is 308 g/mol. The van der Waals surface area contributed by atoms with E-state index in [1.807, 2.05) is 0 Å².